The smallest absolute Gasteiger partial charge is 0.211 e. The lowest BCUT2D eigenvalue weighted by Gasteiger charge is -2.07. The highest BCUT2D eigenvalue weighted by molar-refractivity contribution is 7.89. The van der Waals surface area contributed by atoms with Crippen LogP contribution in [0.15, 0.2) is 24.3 Å². The molecule has 0 aliphatic heterocycles. The molecule has 6 heteroatoms. The molecule has 114 valence electrons. The quantitative estimate of drug-likeness (QED) is 0.650. The van der Waals surface area contributed by atoms with Crippen molar-refractivity contribution in [1.82, 2.24) is 10.0 Å². The number of halogens is 1. The molecule has 1 aromatic rings. The van der Waals surface area contributed by atoms with Gasteiger partial charge in [0.15, 0.2) is 0 Å². The van der Waals surface area contributed by atoms with E-state index < -0.39 is 10.0 Å². The third-order valence-electron chi connectivity index (χ3n) is 2.85. The Balaban J connectivity index is 2.22. The van der Waals surface area contributed by atoms with Gasteiger partial charge in [-0.1, -0.05) is 19.1 Å². The van der Waals surface area contributed by atoms with Crippen molar-refractivity contribution >= 4 is 10.0 Å². The van der Waals surface area contributed by atoms with E-state index in [1.165, 1.54) is 12.1 Å². The summed E-state index contributed by atoms with van der Waals surface area (Å²) in [5.74, 6) is -0.196. The number of sulfonamides is 1. The summed E-state index contributed by atoms with van der Waals surface area (Å²) >= 11 is 0. The number of hydrogen-bond acceptors (Lipinski definition) is 3. The van der Waals surface area contributed by atoms with Crippen molar-refractivity contribution in [2.24, 2.45) is 0 Å². The molecule has 2 N–H and O–H groups in total. The van der Waals surface area contributed by atoms with Gasteiger partial charge in [0.1, 0.15) is 5.82 Å². The van der Waals surface area contributed by atoms with Crippen LogP contribution in [0.2, 0.25) is 0 Å². The summed E-state index contributed by atoms with van der Waals surface area (Å²) in [6, 6.07) is 5.80. The Morgan fingerprint density at radius 1 is 1.10 bits per heavy atom. The highest BCUT2D eigenvalue weighted by Gasteiger charge is 2.09. The third kappa shape index (κ3) is 7.57. The van der Waals surface area contributed by atoms with Crippen LogP contribution in [0.5, 0.6) is 0 Å². The van der Waals surface area contributed by atoms with E-state index in [4.69, 9.17) is 0 Å². The normalized spacial score (nSPS) is 11.7. The maximum Gasteiger partial charge on any atom is 0.211 e. The van der Waals surface area contributed by atoms with Gasteiger partial charge < -0.3 is 5.32 Å². The minimum atomic E-state index is -3.25. The summed E-state index contributed by atoms with van der Waals surface area (Å²) in [6.07, 6.45) is 2.56. The second kappa shape index (κ2) is 9.05. The minimum Gasteiger partial charge on any atom is -0.317 e. The molecule has 20 heavy (non-hydrogen) atoms. The van der Waals surface area contributed by atoms with Gasteiger partial charge in [0.25, 0.3) is 0 Å². The molecule has 0 heterocycles. The molecule has 0 saturated carbocycles. The van der Waals surface area contributed by atoms with Crippen LogP contribution in [0.1, 0.15) is 31.7 Å². The van der Waals surface area contributed by atoms with Crippen LogP contribution in [-0.4, -0.2) is 27.3 Å². The molecule has 0 aliphatic carbocycles. The van der Waals surface area contributed by atoms with Crippen LogP contribution in [-0.2, 0) is 16.6 Å². The average molecular weight is 302 g/mol. The number of rotatable bonds is 10. The second-order valence-corrected chi connectivity index (χ2v) is 6.65. The summed E-state index contributed by atoms with van der Waals surface area (Å²) in [5, 5.41) is 3.23. The second-order valence-electron chi connectivity index (χ2n) is 4.72. The number of benzene rings is 1. The van der Waals surface area contributed by atoms with Crippen molar-refractivity contribution < 1.29 is 12.8 Å². The van der Waals surface area contributed by atoms with Gasteiger partial charge in [-0.15, -0.1) is 0 Å². The molecule has 0 aliphatic rings. The van der Waals surface area contributed by atoms with Crippen molar-refractivity contribution in [2.45, 2.75) is 32.7 Å². The molecule has 0 fully saturated rings. The summed E-state index contributed by atoms with van der Waals surface area (Å²) < 4.78 is 38.7. The molecule has 0 amide bonds. The first-order valence-electron chi connectivity index (χ1n) is 6.96. The average Bonchev–Trinajstić information content (AvgIpc) is 2.42. The van der Waals surface area contributed by atoms with Crippen LogP contribution >= 0.6 is 0 Å². The van der Waals surface area contributed by atoms with E-state index in [1.54, 1.807) is 12.1 Å². The predicted molar refractivity (Wildman–Crippen MR) is 79.4 cm³/mol. The van der Waals surface area contributed by atoms with E-state index in [1.807, 2.05) is 0 Å². The van der Waals surface area contributed by atoms with Crippen LogP contribution in [0.3, 0.4) is 0 Å². The topological polar surface area (TPSA) is 58.2 Å². The molecular weight excluding hydrogens is 279 g/mol. The highest BCUT2D eigenvalue weighted by Crippen LogP contribution is 2.03. The molecule has 0 radical (unpaired) electrons. The van der Waals surface area contributed by atoms with E-state index >= 15 is 0 Å². The first-order chi connectivity index (χ1) is 9.53. The molecule has 1 rings (SSSR count). The Hall–Kier alpha value is -0.980. The fourth-order valence-electron chi connectivity index (χ4n) is 1.71. The van der Waals surface area contributed by atoms with Crippen LogP contribution in [0, 0.1) is 5.82 Å². The Labute approximate surface area is 120 Å². The van der Waals surface area contributed by atoms with Gasteiger partial charge in [0.05, 0.1) is 5.75 Å². The van der Waals surface area contributed by atoms with Gasteiger partial charge in [-0.05, 0) is 50.0 Å². The van der Waals surface area contributed by atoms with Gasteiger partial charge >= 0.3 is 0 Å². The largest absolute Gasteiger partial charge is 0.317 e. The SMILES string of the molecule is CCCNCCCCS(=O)(=O)NCc1ccc(F)cc1. The molecule has 0 bridgehead atoms. The maximum atomic E-state index is 12.7. The Bertz CT molecular complexity index is 474. The maximum absolute atomic E-state index is 12.7. The fraction of sp³-hybridized carbons (Fsp3) is 0.571. The lowest BCUT2D eigenvalue weighted by atomic mass is 10.2. The molecule has 0 unspecified atom stereocenters. The summed E-state index contributed by atoms with van der Waals surface area (Å²) in [6.45, 7) is 4.12. The molecule has 0 atom stereocenters. The third-order valence-corrected chi connectivity index (χ3v) is 4.26. The van der Waals surface area contributed by atoms with Gasteiger partial charge in [-0.2, -0.15) is 0 Å². The standard InChI is InChI=1S/C14H23FN2O2S/c1-2-9-16-10-3-4-11-20(18,19)17-12-13-5-7-14(15)8-6-13/h5-8,16-17H,2-4,9-12H2,1H3. The van der Waals surface area contributed by atoms with Gasteiger partial charge in [-0.25, -0.2) is 17.5 Å². The zero-order valence-electron chi connectivity index (χ0n) is 11.9. The van der Waals surface area contributed by atoms with E-state index in [-0.39, 0.29) is 18.1 Å². The molecule has 0 saturated heterocycles. The summed E-state index contributed by atoms with van der Waals surface area (Å²) in [5.41, 5.74) is 0.750. The lowest BCUT2D eigenvalue weighted by molar-refractivity contribution is 0.572. The minimum absolute atomic E-state index is 0.127. The van der Waals surface area contributed by atoms with Crippen molar-refractivity contribution in [1.29, 1.82) is 0 Å². The van der Waals surface area contributed by atoms with E-state index in [0.717, 1.165) is 31.5 Å². The molecule has 4 nitrogen and oxygen atoms in total. The lowest BCUT2D eigenvalue weighted by Crippen LogP contribution is -2.26. The van der Waals surface area contributed by atoms with Crippen molar-refractivity contribution in [3.05, 3.63) is 35.6 Å². The zero-order chi connectivity index (χ0) is 14.8. The Morgan fingerprint density at radius 3 is 2.45 bits per heavy atom. The molecule has 0 spiro atoms. The van der Waals surface area contributed by atoms with E-state index in [0.29, 0.717) is 6.42 Å². The van der Waals surface area contributed by atoms with Gasteiger partial charge in [0.2, 0.25) is 10.0 Å². The van der Waals surface area contributed by atoms with Crippen LogP contribution in [0.25, 0.3) is 0 Å². The van der Waals surface area contributed by atoms with Crippen LogP contribution < -0.4 is 10.0 Å². The van der Waals surface area contributed by atoms with Gasteiger partial charge in [0, 0.05) is 6.54 Å². The monoisotopic (exact) mass is 302 g/mol. The zero-order valence-corrected chi connectivity index (χ0v) is 12.7. The number of nitrogens with one attached hydrogen (secondary N) is 2. The number of unbranched alkanes of at least 4 members (excludes halogenated alkanes) is 1. The molecule has 1 aromatic carbocycles. The van der Waals surface area contributed by atoms with Gasteiger partial charge in [-0.3, -0.25) is 0 Å². The van der Waals surface area contributed by atoms with E-state index in [9.17, 15) is 12.8 Å². The molecular formula is C14H23FN2O2S. The Kier molecular flexibility index (Phi) is 7.72. The summed E-state index contributed by atoms with van der Waals surface area (Å²) in [7, 11) is -3.25. The summed E-state index contributed by atoms with van der Waals surface area (Å²) in [4.78, 5) is 0. The molecule has 0 aromatic heterocycles. The van der Waals surface area contributed by atoms with E-state index in [2.05, 4.69) is 17.0 Å². The first-order valence-corrected chi connectivity index (χ1v) is 8.61. The van der Waals surface area contributed by atoms with Crippen molar-refractivity contribution in [3.8, 4) is 0 Å². The van der Waals surface area contributed by atoms with Crippen molar-refractivity contribution in [3.63, 3.8) is 0 Å². The fourth-order valence-corrected chi connectivity index (χ4v) is 2.83. The first kappa shape index (κ1) is 17.1. The van der Waals surface area contributed by atoms with Crippen molar-refractivity contribution in [2.75, 3.05) is 18.8 Å². The Morgan fingerprint density at radius 2 is 1.80 bits per heavy atom. The number of hydrogen-bond donors (Lipinski definition) is 2. The predicted octanol–water partition coefficient (Wildman–Crippen LogP) is 2.02. The van der Waals surface area contributed by atoms with Crippen LogP contribution in [0.4, 0.5) is 4.39 Å². The highest BCUT2D eigenvalue weighted by atomic mass is 32.2.